The Labute approximate surface area is 200 Å². The van der Waals surface area contributed by atoms with E-state index in [0.29, 0.717) is 30.8 Å². The molecule has 1 aromatic heterocycles. The van der Waals surface area contributed by atoms with Crippen LogP contribution in [0.2, 0.25) is 0 Å². The summed E-state index contributed by atoms with van der Waals surface area (Å²) in [4.78, 5) is 14.4. The van der Waals surface area contributed by atoms with E-state index in [2.05, 4.69) is 26.5 Å². The summed E-state index contributed by atoms with van der Waals surface area (Å²) in [7, 11) is 0. The Morgan fingerprint density at radius 1 is 0.818 bits per heavy atom. The molecule has 0 saturated carbocycles. The highest BCUT2D eigenvalue weighted by Gasteiger charge is 2.19. The third-order valence-electron chi connectivity index (χ3n) is 6.34. The topological polar surface area (TPSA) is 74.8 Å². The van der Waals surface area contributed by atoms with Gasteiger partial charge in [-0.15, -0.1) is 0 Å². The van der Waals surface area contributed by atoms with Crippen LogP contribution < -0.4 is 29.9 Å². The predicted molar refractivity (Wildman–Crippen MR) is 135 cm³/mol. The molecule has 0 atom stereocenters. The first kappa shape index (κ1) is 22.0. The Bertz CT molecular complexity index is 939. The zero-order chi connectivity index (χ0) is 22.5. The molecule has 0 bridgehead atoms. The molecular formula is C24H32N6O2S. The molecule has 9 heteroatoms. The van der Waals surface area contributed by atoms with Gasteiger partial charge in [-0.2, -0.15) is 9.97 Å². The SMILES string of the molecule is S=C(NCc1ccc2c(c1)OCCO2)Nc1nc(N2CCCCC2)cc(N2CCCCC2)n1. The van der Waals surface area contributed by atoms with Gasteiger partial charge in [0.1, 0.15) is 24.8 Å². The van der Waals surface area contributed by atoms with Gasteiger partial charge >= 0.3 is 0 Å². The number of nitrogens with one attached hydrogen (secondary N) is 2. The van der Waals surface area contributed by atoms with Crippen LogP contribution in [-0.4, -0.2) is 54.5 Å². The summed E-state index contributed by atoms with van der Waals surface area (Å²) in [6, 6.07) is 8.10. The lowest BCUT2D eigenvalue weighted by Gasteiger charge is -2.31. The molecule has 3 aliphatic heterocycles. The Kier molecular flexibility index (Phi) is 6.95. The fraction of sp³-hybridized carbons (Fsp3) is 0.542. The van der Waals surface area contributed by atoms with Crippen molar-refractivity contribution < 1.29 is 9.47 Å². The van der Waals surface area contributed by atoms with Crippen LogP contribution in [0, 0.1) is 0 Å². The monoisotopic (exact) mass is 468 g/mol. The van der Waals surface area contributed by atoms with Gasteiger partial charge in [0.2, 0.25) is 5.95 Å². The van der Waals surface area contributed by atoms with Crippen molar-refractivity contribution in [1.82, 2.24) is 15.3 Å². The number of anilines is 3. The summed E-state index contributed by atoms with van der Waals surface area (Å²) in [6.45, 7) is 5.92. The minimum atomic E-state index is 0.505. The highest BCUT2D eigenvalue weighted by atomic mass is 32.1. The van der Waals surface area contributed by atoms with E-state index in [0.717, 1.165) is 54.9 Å². The zero-order valence-electron chi connectivity index (χ0n) is 19.0. The molecule has 2 aromatic rings. The van der Waals surface area contributed by atoms with E-state index < -0.39 is 0 Å². The van der Waals surface area contributed by atoms with Gasteiger partial charge in [-0.25, -0.2) is 0 Å². The maximum Gasteiger partial charge on any atom is 0.232 e. The van der Waals surface area contributed by atoms with Gasteiger partial charge in [0.25, 0.3) is 0 Å². The van der Waals surface area contributed by atoms with E-state index in [1.165, 1.54) is 38.5 Å². The standard InChI is InChI=1S/C24H32N6O2S/c33-24(25-17-18-7-8-19-20(15-18)32-14-13-31-19)28-23-26-21(29-9-3-1-4-10-29)16-22(27-23)30-11-5-2-6-12-30/h7-8,15-16H,1-6,9-14,17H2,(H2,25,26,27,28,33). The summed E-state index contributed by atoms with van der Waals surface area (Å²) in [5.41, 5.74) is 1.07. The van der Waals surface area contributed by atoms with Crippen LogP contribution in [0.4, 0.5) is 17.6 Å². The predicted octanol–water partition coefficient (Wildman–Crippen LogP) is 3.72. The molecule has 0 unspecified atom stereocenters. The second-order valence-electron chi connectivity index (χ2n) is 8.79. The van der Waals surface area contributed by atoms with Gasteiger partial charge in [0, 0.05) is 38.8 Å². The normalized spacial score (nSPS) is 18.1. The average molecular weight is 469 g/mol. The van der Waals surface area contributed by atoms with Gasteiger partial charge in [-0.05, 0) is 68.4 Å². The van der Waals surface area contributed by atoms with Gasteiger partial charge in [-0.3, -0.25) is 0 Å². The quantitative estimate of drug-likeness (QED) is 0.639. The van der Waals surface area contributed by atoms with Crippen molar-refractivity contribution in [3.05, 3.63) is 29.8 Å². The van der Waals surface area contributed by atoms with Crippen LogP contribution in [-0.2, 0) is 6.54 Å². The van der Waals surface area contributed by atoms with Gasteiger partial charge in [0.15, 0.2) is 16.6 Å². The lowest BCUT2D eigenvalue weighted by atomic mass is 10.1. The molecule has 0 radical (unpaired) electrons. The van der Waals surface area contributed by atoms with E-state index in [1.807, 2.05) is 18.2 Å². The number of thiocarbonyl (C=S) groups is 1. The van der Waals surface area contributed by atoms with Crippen LogP contribution in [0.15, 0.2) is 24.3 Å². The van der Waals surface area contributed by atoms with Gasteiger partial charge in [-0.1, -0.05) is 6.07 Å². The summed E-state index contributed by atoms with van der Waals surface area (Å²) >= 11 is 5.57. The Morgan fingerprint density at radius 3 is 2.06 bits per heavy atom. The smallest absolute Gasteiger partial charge is 0.232 e. The largest absolute Gasteiger partial charge is 0.486 e. The number of piperidine rings is 2. The number of hydrogen-bond acceptors (Lipinski definition) is 7. The van der Waals surface area contributed by atoms with Crippen LogP contribution in [0.5, 0.6) is 11.5 Å². The first-order chi connectivity index (χ1) is 16.2. The van der Waals surface area contributed by atoms with Gasteiger partial charge in [0.05, 0.1) is 0 Å². The third-order valence-corrected chi connectivity index (χ3v) is 6.59. The molecule has 5 rings (SSSR count). The second-order valence-corrected chi connectivity index (χ2v) is 9.20. The first-order valence-corrected chi connectivity index (χ1v) is 12.5. The average Bonchev–Trinajstić information content (AvgIpc) is 2.88. The Hall–Kier alpha value is -2.81. The number of hydrogen-bond donors (Lipinski definition) is 2. The van der Waals surface area contributed by atoms with Crippen LogP contribution in [0.1, 0.15) is 44.1 Å². The number of aromatic nitrogens is 2. The second kappa shape index (κ2) is 10.4. The minimum absolute atomic E-state index is 0.505. The molecule has 2 saturated heterocycles. The highest BCUT2D eigenvalue weighted by Crippen LogP contribution is 2.31. The van der Waals surface area contributed by atoms with Crippen molar-refractivity contribution in [2.24, 2.45) is 0 Å². The Morgan fingerprint density at radius 2 is 1.42 bits per heavy atom. The number of nitrogens with zero attached hydrogens (tertiary/aromatic N) is 4. The third kappa shape index (κ3) is 5.58. The highest BCUT2D eigenvalue weighted by molar-refractivity contribution is 7.80. The van der Waals surface area contributed by atoms with Crippen LogP contribution >= 0.6 is 12.2 Å². The Balaban J connectivity index is 1.27. The van der Waals surface area contributed by atoms with Gasteiger partial charge < -0.3 is 29.9 Å². The maximum absolute atomic E-state index is 5.68. The summed E-state index contributed by atoms with van der Waals surface area (Å²) in [5, 5.41) is 7.00. The van der Waals surface area contributed by atoms with Crippen LogP contribution in [0.3, 0.4) is 0 Å². The molecule has 3 aliphatic rings. The number of fused-ring (bicyclic) bond motifs is 1. The number of ether oxygens (including phenoxy) is 2. The summed E-state index contributed by atoms with van der Waals surface area (Å²) in [5.74, 6) is 4.10. The van der Waals surface area contributed by atoms with Crippen LogP contribution in [0.25, 0.3) is 0 Å². The van der Waals surface area contributed by atoms with Crippen molar-refractivity contribution in [1.29, 1.82) is 0 Å². The van der Waals surface area contributed by atoms with Crippen molar-refractivity contribution >= 4 is 34.9 Å². The van der Waals surface area contributed by atoms with E-state index in [4.69, 9.17) is 31.7 Å². The molecule has 8 nitrogen and oxygen atoms in total. The van der Waals surface area contributed by atoms with Crippen molar-refractivity contribution in [2.75, 3.05) is 54.5 Å². The lowest BCUT2D eigenvalue weighted by Crippen LogP contribution is -2.34. The molecule has 0 amide bonds. The first-order valence-electron chi connectivity index (χ1n) is 12.1. The molecular weight excluding hydrogens is 436 g/mol. The summed E-state index contributed by atoms with van der Waals surface area (Å²) < 4.78 is 11.3. The maximum atomic E-state index is 5.68. The van der Waals surface area contributed by atoms with E-state index >= 15 is 0 Å². The van der Waals surface area contributed by atoms with Crippen molar-refractivity contribution in [3.63, 3.8) is 0 Å². The fourth-order valence-electron chi connectivity index (χ4n) is 4.57. The van der Waals surface area contributed by atoms with E-state index in [-0.39, 0.29) is 0 Å². The fourth-order valence-corrected chi connectivity index (χ4v) is 4.74. The van der Waals surface area contributed by atoms with Crippen molar-refractivity contribution in [3.8, 4) is 11.5 Å². The lowest BCUT2D eigenvalue weighted by molar-refractivity contribution is 0.171. The minimum Gasteiger partial charge on any atom is -0.486 e. The molecule has 176 valence electrons. The molecule has 1 aromatic carbocycles. The van der Waals surface area contributed by atoms with E-state index in [1.54, 1.807) is 0 Å². The molecule has 2 N–H and O–H groups in total. The number of benzene rings is 1. The zero-order valence-corrected chi connectivity index (χ0v) is 19.8. The number of rotatable bonds is 5. The van der Waals surface area contributed by atoms with Crippen molar-refractivity contribution in [2.45, 2.75) is 45.1 Å². The molecule has 33 heavy (non-hydrogen) atoms. The summed E-state index contributed by atoms with van der Waals surface area (Å²) in [6.07, 6.45) is 7.42. The molecule has 0 spiro atoms. The molecule has 2 fully saturated rings. The van der Waals surface area contributed by atoms with E-state index in [9.17, 15) is 0 Å². The molecule has 4 heterocycles. The molecule has 0 aliphatic carbocycles.